The van der Waals surface area contributed by atoms with E-state index in [1.165, 1.54) is 11.1 Å². The van der Waals surface area contributed by atoms with Gasteiger partial charge in [0.25, 0.3) is 0 Å². The quantitative estimate of drug-likeness (QED) is 0.860. The Balaban J connectivity index is 0.00000289. The zero-order chi connectivity index (χ0) is 12.9. The lowest BCUT2D eigenvalue weighted by Gasteiger charge is -2.27. The van der Waals surface area contributed by atoms with Crippen LogP contribution in [0.5, 0.6) is 0 Å². The largest absolute Gasteiger partial charge is 0.350 e. The Morgan fingerprint density at radius 2 is 1.89 bits per heavy atom. The Hall–Kier alpha value is -1.06. The van der Waals surface area contributed by atoms with Crippen LogP contribution in [-0.2, 0) is 11.2 Å². The first-order chi connectivity index (χ1) is 7.94. The normalized spacial score (nSPS) is 10.7. The van der Waals surface area contributed by atoms with Gasteiger partial charge in [0.15, 0.2) is 0 Å². The van der Waals surface area contributed by atoms with E-state index in [4.69, 9.17) is 0 Å². The number of rotatable bonds is 5. The average molecular weight is 271 g/mol. The summed E-state index contributed by atoms with van der Waals surface area (Å²) < 4.78 is 0. The minimum Gasteiger partial charge on any atom is -0.350 e. The van der Waals surface area contributed by atoms with Crippen LogP contribution in [0.25, 0.3) is 0 Å². The van der Waals surface area contributed by atoms with Gasteiger partial charge in [-0.2, -0.15) is 0 Å². The van der Waals surface area contributed by atoms with Gasteiger partial charge in [-0.05, 0) is 45.4 Å². The first-order valence-electron chi connectivity index (χ1n) is 5.95. The van der Waals surface area contributed by atoms with Crippen LogP contribution in [0, 0.1) is 6.92 Å². The Kier molecular flexibility index (Phi) is 6.96. The number of benzene rings is 1. The lowest BCUT2D eigenvalue weighted by Crippen LogP contribution is -2.48. The summed E-state index contributed by atoms with van der Waals surface area (Å²) in [5.74, 6) is 0.0334. The van der Waals surface area contributed by atoms with E-state index in [0.717, 1.165) is 6.42 Å². The monoisotopic (exact) mass is 270 g/mol. The average Bonchev–Trinajstić information content (AvgIpc) is 2.20. The molecule has 2 N–H and O–H groups in total. The number of halogens is 1. The van der Waals surface area contributed by atoms with E-state index in [1.807, 2.05) is 26.0 Å². The highest BCUT2D eigenvalue weighted by Gasteiger charge is 2.21. The molecular formula is C14H23ClN2O. The number of carbonyl (C=O) groups excluding carboxylic acids is 1. The van der Waals surface area contributed by atoms with Crippen molar-refractivity contribution in [3.05, 3.63) is 35.4 Å². The van der Waals surface area contributed by atoms with Crippen LogP contribution < -0.4 is 10.6 Å². The van der Waals surface area contributed by atoms with Crippen LogP contribution >= 0.6 is 12.4 Å². The van der Waals surface area contributed by atoms with Crippen molar-refractivity contribution in [2.24, 2.45) is 0 Å². The summed E-state index contributed by atoms with van der Waals surface area (Å²) in [6.45, 7) is 6.55. The van der Waals surface area contributed by atoms with Crippen molar-refractivity contribution < 1.29 is 4.79 Å². The summed E-state index contributed by atoms with van der Waals surface area (Å²) in [6, 6.07) is 8.28. The van der Waals surface area contributed by atoms with Gasteiger partial charge < -0.3 is 10.6 Å². The Bertz CT molecular complexity index is 391. The van der Waals surface area contributed by atoms with Crippen molar-refractivity contribution in [1.82, 2.24) is 10.6 Å². The SMILES string of the molecule is CNCC(=O)NC(C)(C)Cc1ccccc1C.Cl. The maximum Gasteiger partial charge on any atom is 0.234 e. The predicted octanol–water partition coefficient (Wildman–Crippen LogP) is 2.07. The Morgan fingerprint density at radius 3 is 2.44 bits per heavy atom. The molecule has 0 aliphatic heterocycles. The van der Waals surface area contributed by atoms with Crippen LogP contribution in [0.1, 0.15) is 25.0 Å². The molecule has 4 heteroatoms. The van der Waals surface area contributed by atoms with Crippen LogP contribution in [0.4, 0.5) is 0 Å². The highest BCUT2D eigenvalue weighted by molar-refractivity contribution is 5.85. The van der Waals surface area contributed by atoms with E-state index < -0.39 is 0 Å². The summed E-state index contributed by atoms with van der Waals surface area (Å²) in [5.41, 5.74) is 2.32. The molecule has 1 rings (SSSR count). The van der Waals surface area contributed by atoms with Crippen molar-refractivity contribution in [3.8, 4) is 0 Å². The van der Waals surface area contributed by atoms with Crippen molar-refractivity contribution in [2.45, 2.75) is 32.7 Å². The molecule has 0 atom stereocenters. The molecule has 0 bridgehead atoms. The number of nitrogens with one attached hydrogen (secondary N) is 2. The van der Waals surface area contributed by atoms with Crippen LogP contribution in [-0.4, -0.2) is 25.0 Å². The second-order valence-electron chi connectivity index (χ2n) is 5.07. The van der Waals surface area contributed by atoms with E-state index >= 15 is 0 Å². The van der Waals surface area contributed by atoms with E-state index in [-0.39, 0.29) is 23.9 Å². The maximum atomic E-state index is 11.6. The lowest BCUT2D eigenvalue weighted by atomic mass is 9.92. The van der Waals surface area contributed by atoms with Gasteiger partial charge in [-0.15, -0.1) is 12.4 Å². The van der Waals surface area contributed by atoms with Crippen LogP contribution in [0.15, 0.2) is 24.3 Å². The van der Waals surface area contributed by atoms with Gasteiger partial charge in [0, 0.05) is 5.54 Å². The molecule has 0 spiro atoms. The summed E-state index contributed by atoms with van der Waals surface area (Å²) in [7, 11) is 1.77. The summed E-state index contributed by atoms with van der Waals surface area (Å²) >= 11 is 0. The minimum atomic E-state index is -0.222. The third-order valence-electron chi connectivity index (χ3n) is 2.71. The second kappa shape index (κ2) is 7.39. The highest BCUT2D eigenvalue weighted by Crippen LogP contribution is 2.15. The molecule has 102 valence electrons. The van der Waals surface area contributed by atoms with Gasteiger partial charge in [0.05, 0.1) is 6.54 Å². The molecule has 0 aliphatic carbocycles. The van der Waals surface area contributed by atoms with Gasteiger partial charge >= 0.3 is 0 Å². The maximum absolute atomic E-state index is 11.6. The minimum absolute atomic E-state index is 0. The zero-order valence-electron chi connectivity index (χ0n) is 11.5. The fourth-order valence-electron chi connectivity index (χ4n) is 1.91. The van der Waals surface area contributed by atoms with E-state index in [2.05, 4.69) is 29.7 Å². The Morgan fingerprint density at radius 1 is 1.28 bits per heavy atom. The molecule has 0 heterocycles. The fraction of sp³-hybridized carbons (Fsp3) is 0.500. The molecule has 1 aromatic carbocycles. The van der Waals surface area contributed by atoms with Crippen molar-refractivity contribution in [3.63, 3.8) is 0 Å². The van der Waals surface area contributed by atoms with E-state index in [1.54, 1.807) is 7.05 Å². The molecule has 18 heavy (non-hydrogen) atoms. The molecule has 0 saturated heterocycles. The van der Waals surface area contributed by atoms with Crippen molar-refractivity contribution in [2.75, 3.05) is 13.6 Å². The molecule has 3 nitrogen and oxygen atoms in total. The molecule has 1 amide bonds. The number of aryl methyl sites for hydroxylation is 1. The molecular weight excluding hydrogens is 248 g/mol. The standard InChI is InChI=1S/C14H22N2O.ClH/c1-11-7-5-6-8-12(11)9-14(2,3)16-13(17)10-15-4;/h5-8,15H,9-10H2,1-4H3,(H,16,17);1H. The lowest BCUT2D eigenvalue weighted by molar-refractivity contribution is -0.121. The second-order valence-corrected chi connectivity index (χ2v) is 5.07. The fourth-order valence-corrected chi connectivity index (χ4v) is 1.91. The van der Waals surface area contributed by atoms with E-state index in [9.17, 15) is 4.79 Å². The third kappa shape index (κ3) is 5.52. The smallest absolute Gasteiger partial charge is 0.234 e. The van der Waals surface area contributed by atoms with Crippen LogP contribution in [0.2, 0.25) is 0 Å². The number of carbonyl (C=O) groups is 1. The van der Waals surface area contributed by atoms with Crippen molar-refractivity contribution in [1.29, 1.82) is 0 Å². The summed E-state index contributed by atoms with van der Waals surface area (Å²) in [5, 5.41) is 5.88. The van der Waals surface area contributed by atoms with E-state index in [0.29, 0.717) is 6.54 Å². The highest BCUT2D eigenvalue weighted by atomic mass is 35.5. The third-order valence-corrected chi connectivity index (χ3v) is 2.71. The van der Waals surface area contributed by atoms with Gasteiger partial charge in [-0.25, -0.2) is 0 Å². The van der Waals surface area contributed by atoms with Crippen LogP contribution in [0.3, 0.4) is 0 Å². The molecule has 0 aromatic heterocycles. The zero-order valence-corrected chi connectivity index (χ0v) is 12.4. The predicted molar refractivity (Wildman–Crippen MR) is 78.3 cm³/mol. The first-order valence-corrected chi connectivity index (χ1v) is 5.95. The molecule has 0 saturated carbocycles. The number of amides is 1. The molecule has 1 aromatic rings. The summed E-state index contributed by atoms with van der Waals surface area (Å²) in [4.78, 5) is 11.6. The number of hydrogen-bond acceptors (Lipinski definition) is 2. The summed E-state index contributed by atoms with van der Waals surface area (Å²) in [6.07, 6.45) is 0.842. The van der Waals surface area contributed by atoms with Crippen molar-refractivity contribution >= 4 is 18.3 Å². The van der Waals surface area contributed by atoms with Gasteiger partial charge in [-0.3, -0.25) is 4.79 Å². The Labute approximate surface area is 116 Å². The first kappa shape index (κ1) is 16.9. The van der Waals surface area contributed by atoms with Gasteiger partial charge in [-0.1, -0.05) is 24.3 Å². The van der Waals surface area contributed by atoms with Gasteiger partial charge in [0.1, 0.15) is 0 Å². The molecule has 0 fully saturated rings. The topological polar surface area (TPSA) is 41.1 Å². The molecule has 0 radical (unpaired) electrons. The molecule has 0 unspecified atom stereocenters. The number of likely N-dealkylation sites (N-methyl/N-ethyl adjacent to an activating group) is 1. The van der Waals surface area contributed by atoms with Gasteiger partial charge in [0.2, 0.25) is 5.91 Å². The molecule has 0 aliphatic rings. The number of hydrogen-bond donors (Lipinski definition) is 2.